The molecule has 0 bridgehead atoms. The maximum Gasteiger partial charge on any atom is 0.238 e. The van der Waals surface area contributed by atoms with Crippen LogP contribution in [0, 0.1) is 20.8 Å². The van der Waals surface area contributed by atoms with E-state index in [1.54, 1.807) is 13.0 Å². The number of hydrogen-bond acceptors (Lipinski definition) is 7. The Morgan fingerprint density at radius 2 is 1.82 bits per heavy atom. The second-order valence-corrected chi connectivity index (χ2v) is 8.96. The van der Waals surface area contributed by atoms with Crippen LogP contribution in [0.5, 0.6) is 5.75 Å². The monoisotopic (exact) mass is 463 g/mol. The van der Waals surface area contributed by atoms with Crippen LogP contribution in [0.2, 0.25) is 0 Å². The number of amides is 1. The van der Waals surface area contributed by atoms with Gasteiger partial charge in [-0.25, -0.2) is 0 Å². The number of para-hydroxylation sites is 2. The summed E-state index contributed by atoms with van der Waals surface area (Å²) in [6.07, 6.45) is 0. The molecule has 2 aromatic heterocycles. The van der Waals surface area contributed by atoms with Crippen molar-refractivity contribution in [2.45, 2.75) is 44.7 Å². The topological polar surface area (TPSA) is 95.1 Å². The Morgan fingerprint density at radius 1 is 1.09 bits per heavy atom. The van der Waals surface area contributed by atoms with Crippen molar-refractivity contribution in [2.75, 3.05) is 5.32 Å². The fourth-order valence-electron chi connectivity index (χ4n) is 3.33. The Balaban J connectivity index is 1.56. The highest BCUT2D eigenvalue weighted by molar-refractivity contribution is 8.00. The molecule has 0 aliphatic heterocycles. The van der Waals surface area contributed by atoms with Crippen LogP contribution in [-0.4, -0.2) is 31.1 Å². The Kier molecular flexibility index (Phi) is 6.79. The van der Waals surface area contributed by atoms with Crippen molar-refractivity contribution in [1.82, 2.24) is 19.9 Å². The number of carbonyl (C=O) groups is 1. The number of thioether (sulfide) groups is 1. The van der Waals surface area contributed by atoms with Crippen LogP contribution in [0.4, 0.5) is 5.82 Å². The molecule has 0 aliphatic rings. The number of carbonyl (C=O) groups excluding carboxylic acids is 1. The zero-order valence-electron chi connectivity index (χ0n) is 18.9. The molecule has 1 N–H and O–H groups in total. The molecule has 4 aromatic rings. The maximum atomic E-state index is 12.7. The Labute approximate surface area is 196 Å². The summed E-state index contributed by atoms with van der Waals surface area (Å²) < 4.78 is 13.1. The molecule has 0 saturated heterocycles. The molecule has 9 heteroatoms. The van der Waals surface area contributed by atoms with Gasteiger partial charge < -0.3 is 14.6 Å². The van der Waals surface area contributed by atoms with Crippen LogP contribution in [0.15, 0.2) is 64.3 Å². The van der Waals surface area contributed by atoms with E-state index in [1.165, 1.54) is 11.8 Å². The second kappa shape index (κ2) is 9.91. The van der Waals surface area contributed by atoms with E-state index < -0.39 is 5.25 Å². The molecule has 1 amide bonds. The number of aryl methyl sites for hydroxylation is 3. The minimum absolute atomic E-state index is 0.204. The molecule has 33 heavy (non-hydrogen) atoms. The number of anilines is 1. The highest BCUT2D eigenvalue weighted by atomic mass is 32.2. The van der Waals surface area contributed by atoms with Crippen LogP contribution in [0.25, 0.3) is 5.69 Å². The molecule has 0 radical (unpaired) electrons. The summed E-state index contributed by atoms with van der Waals surface area (Å²) in [6.45, 7) is 7.85. The first-order valence-electron chi connectivity index (χ1n) is 10.5. The molecule has 2 heterocycles. The van der Waals surface area contributed by atoms with Crippen molar-refractivity contribution in [3.05, 3.63) is 77.3 Å². The summed E-state index contributed by atoms with van der Waals surface area (Å²) >= 11 is 1.31. The van der Waals surface area contributed by atoms with Crippen molar-refractivity contribution >= 4 is 23.5 Å². The quantitative estimate of drug-likeness (QED) is 0.372. The van der Waals surface area contributed by atoms with Crippen molar-refractivity contribution < 1.29 is 14.1 Å². The van der Waals surface area contributed by atoms with Gasteiger partial charge in [-0.2, -0.15) is 0 Å². The van der Waals surface area contributed by atoms with Crippen LogP contribution < -0.4 is 10.1 Å². The van der Waals surface area contributed by atoms with Crippen LogP contribution in [0.3, 0.4) is 0 Å². The van der Waals surface area contributed by atoms with Crippen molar-refractivity contribution in [3.8, 4) is 11.4 Å². The lowest BCUT2D eigenvalue weighted by Crippen LogP contribution is -2.23. The van der Waals surface area contributed by atoms with Gasteiger partial charge >= 0.3 is 0 Å². The van der Waals surface area contributed by atoms with E-state index in [0.717, 1.165) is 22.6 Å². The standard InChI is InChI=1S/C24H25N5O3S/c1-15-9-8-10-16(2)22(15)31-14-21-26-27-24(29(21)19-11-6-5-7-12-19)33-18(4)23(30)25-20-13-17(3)32-28-20/h5-13,18H,14H2,1-4H3,(H,25,28,30). The van der Waals surface area contributed by atoms with E-state index in [1.807, 2.05) is 73.9 Å². The summed E-state index contributed by atoms with van der Waals surface area (Å²) in [6, 6.07) is 17.5. The number of aromatic nitrogens is 4. The number of ether oxygens (including phenoxy) is 1. The summed E-state index contributed by atoms with van der Waals surface area (Å²) in [5.74, 6) is 2.29. The molecule has 0 saturated carbocycles. The Hall–Kier alpha value is -3.59. The zero-order chi connectivity index (χ0) is 23.4. The summed E-state index contributed by atoms with van der Waals surface area (Å²) in [5.41, 5.74) is 3.01. The summed E-state index contributed by atoms with van der Waals surface area (Å²) in [4.78, 5) is 12.7. The maximum absolute atomic E-state index is 12.7. The van der Waals surface area contributed by atoms with Gasteiger partial charge in [0.05, 0.1) is 5.25 Å². The van der Waals surface area contributed by atoms with Crippen molar-refractivity contribution in [2.24, 2.45) is 0 Å². The van der Waals surface area contributed by atoms with E-state index in [-0.39, 0.29) is 12.5 Å². The Morgan fingerprint density at radius 3 is 2.48 bits per heavy atom. The van der Waals surface area contributed by atoms with Gasteiger partial charge in [-0.1, -0.05) is 53.3 Å². The van der Waals surface area contributed by atoms with E-state index in [9.17, 15) is 4.79 Å². The predicted molar refractivity (Wildman–Crippen MR) is 127 cm³/mol. The normalized spacial score (nSPS) is 11.9. The molecule has 2 aromatic carbocycles. The lowest BCUT2D eigenvalue weighted by molar-refractivity contribution is -0.115. The fraction of sp³-hybridized carbons (Fsp3) is 0.250. The molecule has 1 unspecified atom stereocenters. The first-order chi connectivity index (χ1) is 15.9. The van der Waals surface area contributed by atoms with E-state index in [0.29, 0.717) is 22.6 Å². The lowest BCUT2D eigenvalue weighted by Gasteiger charge is -2.15. The van der Waals surface area contributed by atoms with Crippen molar-refractivity contribution in [3.63, 3.8) is 0 Å². The van der Waals surface area contributed by atoms with Crippen LogP contribution in [-0.2, 0) is 11.4 Å². The van der Waals surface area contributed by atoms with Gasteiger partial charge in [0.25, 0.3) is 0 Å². The third-order valence-electron chi connectivity index (χ3n) is 5.00. The number of benzene rings is 2. The third-order valence-corrected chi connectivity index (χ3v) is 6.04. The molecule has 0 fully saturated rings. The molecule has 0 spiro atoms. The Bertz CT molecular complexity index is 1230. The predicted octanol–water partition coefficient (Wildman–Crippen LogP) is 4.88. The van der Waals surface area contributed by atoms with Gasteiger partial charge in [0.15, 0.2) is 16.8 Å². The van der Waals surface area contributed by atoms with Crippen LogP contribution in [0.1, 0.15) is 29.6 Å². The largest absolute Gasteiger partial charge is 0.485 e. The van der Waals surface area contributed by atoms with Gasteiger partial charge in [-0.15, -0.1) is 10.2 Å². The molecular formula is C24H25N5O3S. The molecule has 1 atom stereocenters. The lowest BCUT2D eigenvalue weighted by atomic mass is 10.1. The molecule has 8 nitrogen and oxygen atoms in total. The third kappa shape index (κ3) is 5.25. The van der Waals surface area contributed by atoms with Gasteiger partial charge in [-0.05, 0) is 51.0 Å². The molecule has 4 rings (SSSR count). The first kappa shape index (κ1) is 22.6. The summed E-state index contributed by atoms with van der Waals surface area (Å²) in [5, 5.41) is 15.5. The highest BCUT2D eigenvalue weighted by Crippen LogP contribution is 2.28. The minimum Gasteiger partial charge on any atom is -0.485 e. The van der Waals surface area contributed by atoms with Crippen molar-refractivity contribution in [1.29, 1.82) is 0 Å². The van der Waals surface area contributed by atoms with Crippen LogP contribution >= 0.6 is 11.8 Å². The second-order valence-electron chi connectivity index (χ2n) is 7.65. The average molecular weight is 464 g/mol. The molecule has 170 valence electrons. The minimum atomic E-state index is -0.443. The zero-order valence-corrected chi connectivity index (χ0v) is 19.7. The number of nitrogens with zero attached hydrogens (tertiary/aromatic N) is 4. The van der Waals surface area contributed by atoms with E-state index >= 15 is 0 Å². The molecular weight excluding hydrogens is 438 g/mol. The number of nitrogens with one attached hydrogen (secondary N) is 1. The first-order valence-corrected chi connectivity index (χ1v) is 11.4. The van der Waals surface area contributed by atoms with E-state index in [2.05, 4.69) is 20.7 Å². The van der Waals surface area contributed by atoms with E-state index in [4.69, 9.17) is 9.26 Å². The summed E-state index contributed by atoms with van der Waals surface area (Å²) in [7, 11) is 0. The average Bonchev–Trinajstić information content (AvgIpc) is 3.39. The van der Waals surface area contributed by atoms with Gasteiger partial charge in [-0.3, -0.25) is 9.36 Å². The highest BCUT2D eigenvalue weighted by Gasteiger charge is 2.22. The number of hydrogen-bond donors (Lipinski definition) is 1. The smallest absolute Gasteiger partial charge is 0.238 e. The van der Waals surface area contributed by atoms with Gasteiger partial charge in [0.1, 0.15) is 18.1 Å². The van der Waals surface area contributed by atoms with Gasteiger partial charge in [0.2, 0.25) is 5.91 Å². The molecule has 0 aliphatic carbocycles. The SMILES string of the molecule is Cc1cc(NC(=O)C(C)Sc2nnc(COc3c(C)cccc3C)n2-c2ccccc2)no1. The van der Waals surface area contributed by atoms with Gasteiger partial charge in [0, 0.05) is 11.8 Å². The fourth-order valence-corrected chi connectivity index (χ4v) is 4.22. The number of rotatable bonds is 8.